The molecular formula is C67H129NO5. The van der Waals surface area contributed by atoms with Crippen LogP contribution in [-0.2, 0) is 14.3 Å². The van der Waals surface area contributed by atoms with Crippen LogP contribution >= 0.6 is 0 Å². The van der Waals surface area contributed by atoms with E-state index in [0.717, 1.165) is 51.4 Å². The Morgan fingerprint density at radius 2 is 0.644 bits per heavy atom. The van der Waals surface area contributed by atoms with Crippen molar-refractivity contribution in [3.05, 3.63) is 24.3 Å². The molecule has 0 spiro atoms. The van der Waals surface area contributed by atoms with Crippen molar-refractivity contribution < 1.29 is 24.5 Å². The van der Waals surface area contributed by atoms with Crippen LogP contribution in [0, 0.1) is 0 Å². The molecule has 2 atom stereocenters. The molecule has 0 aromatic carbocycles. The van der Waals surface area contributed by atoms with E-state index in [4.69, 9.17) is 4.74 Å². The highest BCUT2D eigenvalue weighted by atomic mass is 16.5. The molecule has 0 saturated carbocycles. The molecule has 0 aliphatic heterocycles. The molecule has 0 aromatic rings. The highest BCUT2D eigenvalue weighted by molar-refractivity contribution is 5.76. The molecule has 0 aliphatic rings. The average Bonchev–Trinajstić information content (AvgIpc) is 3.39. The van der Waals surface area contributed by atoms with Crippen molar-refractivity contribution in [1.29, 1.82) is 0 Å². The fourth-order valence-electron chi connectivity index (χ4n) is 10.4. The van der Waals surface area contributed by atoms with Gasteiger partial charge in [-0.15, -0.1) is 0 Å². The fourth-order valence-corrected chi connectivity index (χ4v) is 10.4. The lowest BCUT2D eigenvalue weighted by molar-refractivity contribution is -0.143. The first-order valence-electron chi connectivity index (χ1n) is 33.1. The zero-order valence-electron chi connectivity index (χ0n) is 49.4. The van der Waals surface area contributed by atoms with Crippen molar-refractivity contribution in [2.45, 2.75) is 379 Å². The van der Waals surface area contributed by atoms with Crippen LogP contribution in [0.2, 0.25) is 0 Å². The molecule has 0 saturated heterocycles. The van der Waals surface area contributed by atoms with Crippen molar-refractivity contribution in [3.8, 4) is 0 Å². The summed E-state index contributed by atoms with van der Waals surface area (Å²) in [6.45, 7) is 4.91. The van der Waals surface area contributed by atoms with Gasteiger partial charge in [0.15, 0.2) is 0 Å². The molecule has 0 fully saturated rings. The van der Waals surface area contributed by atoms with Crippen LogP contribution in [0.5, 0.6) is 0 Å². The molecule has 0 bridgehead atoms. The number of allylic oxidation sites excluding steroid dienone is 3. The van der Waals surface area contributed by atoms with Crippen LogP contribution in [0.25, 0.3) is 0 Å². The quantitative estimate of drug-likeness (QED) is 0.0320. The smallest absolute Gasteiger partial charge is 0.305 e. The number of ether oxygens (including phenoxy) is 1. The number of carbonyl (C=O) groups excluding carboxylic acids is 2. The van der Waals surface area contributed by atoms with E-state index < -0.39 is 12.1 Å². The van der Waals surface area contributed by atoms with Gasteiger partial charge in [0.05, 0.1) is 25.4 Å². The summed E-state index contributed by atoms with van der Waals surface area (Å²) in [6.07, 6.45) is 77.9. The fraction of sp³-hybridized carbons (Fsp3) is 0.910. The van der Waals surface area contributed by atoms with E-state index in [-0.39, 0.29) is 18.5 Å². The summed E-state index contributed by atoms with van der Waals surface area (Å²) in [6, 6.07) is -0.635. The number of unbranched alkanes of at least 4 members (excludes halogenated alkanes) is 49. The third-order valence-corrected chi connectivity index (χ3v) is 15.5. The summed E-state index contributed by atoms with van der Waals surface area (Å²) in [5.74, 6) is -0.0726. The highest BCUT2D eigenvalue weighted by Crippen LogP contribution is 2.18. The highest BCUT2D eigenvalue weighted by Gasteiger charge is 2.18. The van der Waals surface area contributed by atoms with Crippen molar-refractivity contribution in [2.75, 3.05) is 13.2 Å². The lowest BCUT2D eigenvalue weighted by atomic mass is 10.0. The molecular weight excluding hydrogens is 899 g/mol. The Bertz CT molecular complexity index is 1140. The number of carbonyl (C=O) groups is 2. The van der Waals surface area contributed by atoms with Gasteiger partial charge in [0, 0.05) is 12.8 Å². The van der Waals surface area contributed by atoms with Crippen LogP contribution in [0.3, 0.4) is 0 Å². The maximum Gasteiger partial charge on any atom is 0.305 e. The van der Waals surface area contributed by atoms with Gasteiger partial charge in [-0.1, -0.05) is 321 Å². The van der Waals surface area contributed by atoms with Crippen molar-refractivity contribution in [2.24, 2.45) is 0 Å². The molecule has 73 heavy (non-hydrogen) atoms. The third-order valence-electron chi connectivity index (χ3n) is 15.5. The Morgan fingerprint density at radius 1 is 0.370 bits per heavy atom. The van der Waals surface area contributed by atoms with E-state index in [1.165, 1.54) is 289 Å². The summed E-state index contributed by atoms with van der Waals surface area (Å²) in [5, 5.41) is 23.2. The Kier molecular flexibility index (Phi) is 61.4. The normalized spacial score (nSPS) is 12.7. The first-order chi connectivity index (χ1) is 36.0. The van der Waals surface area contributed by atoms with E-state index in [0.29, 0.717) is 19.4 Å². The monoisotopic (exact) mass is 1030 g/mol. The van der Waals surface area contributed by atoms with Crippen molar-refractivity contribution in [3.63, 3.8) is 0 Å². The lowest BCUT2D eigenvalue weighted by Crippen LogP contribution is -2.45. The second kappa shape index (κ2) is 62.9. The second-order valence-corrected chi connectivity index (χ2v) is 22.8. The van der Waals surface area contributed by atoms with Crippen LogP contribution < -0.4 is 5.32 Å². The molecule has 0 radical (unpaired) electrons. The first kappa shape index (κ1) is 71.3. The van der Waals surface area contributed by atoms with Gasteiger partial charge >= 0.3 is 5.97 Å². The topological polar surface area (TPSA) is 95.9 Å². The minimum Gasteiger partial charge on any atom is -0.466 e. The molecule has 1 amide bonds. The number of rotatable bonds is 62. The van der Waals surface area contributed by atoms with Crippen LogP contribution in [0.1, 0.15) is 367 Å². The van der Waals surface area contributed by atoms with E-state index in [1.54, 1.807) is 6.08 Å². The number of aliphatic hydroxyl groups is 2. The molecule has 0 rings (SSSR count). The predicted molar refractivity (Wildman–Crippen MR) is 320 cm³/mol. The molecule has 6 nitrogen and oxygen atoms in total. The van der Waals surface area contributed by atoms with Crippen molar-refractivity contribution in [1.82, 2.24) is 5.32 Å². The zero-order valence-corrected chi connectivity index (χ0v) is 49.4. The SMILES string of the molecule is CCCCCCCC/C=C\CCCCCCCCCCCC(=O)OCCCCCCCCCCCCCCCCCC(=O)NC(CO)C(O)/C=C/CCCCCCCCCCCCCCCCCCCCCC. The minimum absolute atomic E-state index is 0.000110. The van der Waals surface area contributed by atoms with Crippen LogP contribution in [0.15, 0.2) is 24.3 Å². The molecule has 0 aromatic heterocycles. The van der Waals surface area contributed by atoms with E-state index in [9.17, 15) is 19.8 Å². The number of esters is 1. The number of amides is 1. The standard InChI is InChI=1S/C67H129NO5/c1-3-5-7-9-11-13-15-17-19-21-23-24-25-27-28-31-35-39-43-47-51-55-59-65(70)64(63-69)68-66(71)60-56-52-48-44-40-36-32-30-34-38-42-46-50-54-58-62-73-67(72)61-57-53-49-45-41-37-33-29-26-22-20-18-16-14-12-10-8-6-4-2/h18,20,55,59,64-65,69-70H,3-17,19,21-54,56-58,60-63H2,1-2H3,(H,68,71)/b20-18-,59-55+. The second-order valence-electron chi connectivity index (χ2n) is 22.8. The lowest BCUT2D eigenvalue weighted by Gasteiger charge is -2.20. The van der Waals surface area contributed by atoms with Gasteiger partial charge in [-0.3, -0.25) is 9.59 Å². The predicted octanol–water partition coefficient (Wildman–Crippen LogP) is 21.0. The summed E-state index contributed by atoms with van der Waals surface area (Å²) in [7, 11) is 0. The Hall–Kier alpha value is -1.66. The van der Waals surface area contributed by atoms with Gasteiger partial charge in [-0.05, 0) is 57.8 Å². The van der Waals surface area contributed by atoms with Gasteiger partial charge in [0.2, 0.25) is 5.91 Å². The van der Waals surface area contributed by atoms with Gasteiger partial charge in [0.25, 0.3) is 0 Å². The Morgan fingerprint density at radius 3 is 0.973 bits per heavy atom. The first-order valence-corrected chi connectivity index (χ1v) is 33.1. The average molecular weight is 1030 g/mol. The van der Waals surface area contributed by atoms with Crippen LogP contribution in [-0.4, -0.2) is 47.4 Å². The van der Waals surface area contributed by atoms with Gasteiger partial charge in [-0.2, -0.15) is 0 Å². The largest absolute Gasteiger partial charge is 0.466 e. The molecule has 2 unspecified atom stereocenters. The van der Waals surface area contributed by atoms with Gasteiger partial charge in [-0.25, -0.2) is 0 Å². The molecule has 0 heterocycles. The number of hydrogen-bond acceptors (Lipinski definition) is 5. The summed E-state index contributed by atoms with van der Waals surface area (Å²) in [4.78, 5) is 24.6. The van der Waals surface area contributed by atoms with Gasteiger partial charge in [0.1, 0.15) is 0 Å². The maximum absolute atomic E-state index is 12.5. The molecule has 432 valence electrons. The summed E-state index contributed by atoms with van der Waals surface area (Å²) >= 11 is 0. The van der Waals surface area contributed by atoms with Gasteiger partial charge < -0.3 is 20.3 Å². The van der Waals surface area contributed by atoms with E-state index >= 15 is 0 Å². The minimum atomic E-state index is -0.851. The molecule has 3 N–H and O–H groups in total. The van der Waals surface area contributed by atoms with E-state index in [1.807, 2.05) is 6.08 Å². The Labute approximate surface area is 456 Å². The molecule has 6 heteroatoms. The number of hydrogen-bond donors (Lipinski definition) is 3. The summed E-state index contributed by atoms with van der Waals surface area (Å²) < 4.78 is 5.50. The zero-order chi connectivity index (χ0) is 52.9. The van der Waals surface area contributed by atoms with Crippen molar-refractivity contribution >= 4 is 11.9 Å². The summed E-state index contributed by atoms with van der Waals surface area (Å²) in [5.41, 5.74) is 0. The maximum atomic E-state index is 12.5. The third kappa shape index (κ3) is 59.4. The number of aliphatic hydroxyl groups excluding tert-OH is 2. The van der Waals surface area contributed by atoms with Crippen LogP contribution in [0.4, 0.5) is 0 Å². The Balaban J connectivity index is 3.44. The number of nitrogens with one attached hydrogen (secondary N) is 1. The molecule has 0 aliphatic carbocycles. The van der Waals surface area contributed by atoms with E-state index in [2.05, 4.69) is 31.3 Å².